The fraction of sp³-hybridized carbons (Fsp3) is 0.208. The second-order valence-electron chi connectivity index (χ2n) is 7.53. The van der Waals surface area contributed by atoms with Crippen LogP contribution in [0.15, 0.2) is 78.9 Å². The maximum Gasteiger partial charge on any atom is 0.292 e. The maximum atomic E-state index is 12.4. The van der Waals surface area contributed by atoms with Crippen molar-refractivity contribution in [2.75, 3.05) is 36.4 Å². The first kappa shape index (κ1) is 20.6. The minimum atomic E-state index is -0.322. The second kappa shape index (κ2) is 9.40. The first-order valence-corrected chi connectivity index (χ1v) is 10.3. The number of amides is 1. The van der Waals surface area contributed by atoms with Crippen LogP contribution in [-0.2, 0) is 6.54 Å². The van der Waals surface area contributed by atoms with Crippen molar-refractivity contribution in [3.05, 3.63) is 100 Å². The Hall–Kier alpha value is -3.71. The molecule has 1 fully saturated rings. The van der Waals surface area contributed by atoms with E-state index in [4.69, 9.17) is 0 Å². The van der Waals surface area contributed by atoms with E-state index in [9.17, 15) is 14.9 Å². The van der Waals surface area contributed by atoms with Crippen molar-refractivity contribution in [2.24, 2.45) is 0 Å². The molecule has 1 N–H and O–H groups in total. The number of nitro benzene ring substituents is 1. The van der Waals surface area contributed by atoms with E-state index in [-0.39, 0.29) is 16.5 Å². The summed E-state index contributed by atoms with van der Waals surface area (Å²) in [6, 6.07) is 23.9. The van der Waals surface area contributed by atoms with Gasteiger partial charge in [0, 0.05) is 50.0 Å². The smallest absolute Gasteiger partial charge is 0.292 e. The van der Waals surface area contributed by atoms with Gasteiger partial charge in [0.05, 0.1) is 4.92 Å². The lowest BCUT2D eigenvalue weighted by molar-refractivity contribution is -0.384. The van der Waals surface area contributed by atoms with Crippen molar-refractivity contribution < 1.29 is 9.72 Å². The number of carbonyl (C=O) groups is 1. The SMILES string of the molecule is O=C(Nc1ccccc1)c1ccc(CN2CCN(c3ccccc3[N+](=O)[O-])CC2)cc1. The highest BCUT2D eigenvalue weighted by Gasteiger charge is 2.23. The van der Waals surface area contributed by atoms with Gasteiger partial charge in [0.15, 0.2) is 0 Å². The molecule has 1 aliphatic rings. The molecule has 31 heavy (non-hydrogen) atoms. The van der Waals surface area contributed by atoms with E-state index < -0.39 is 0 Å². The van der Waals surface area contributed by atoms with E-state index in [2.05, 4.69) is 15.1 Å². The lowest BCUT2D eigenvalue weighted by Crippen LogP contribution is -2.46. The Morgan fingerprint density at radius 3 is 2.19 bits per heavy atom. The third-order valence-corrected chi connectivity index (χ3v) is 5.45. The Morgan fingerprint density at radius 1 is 0.871 bits per heavy atom. The van der Waals surface area contributed by atoms with E-state index in [1.54, 1.807) is 12.1 Å². The largest absolute Gasteiger partial charge is 0.363 e. The summed E-state index contributed by atoms with van der Waals surface area (Å²) in [5.74, 6) is -0.129. The molecule has 0 spiro atoms. The highest BCUT2D eigenvalue weighted by atomic mass is 16.6. The van der Waals surface area contributed by atoms with Gasteiger partial charge in [-0.05, 0) is 35.9 Å². The molecule has 7 nitrogen and oxygen atoms in total. The van der Waals surface area contributed by atoms with Crippen molar-refractivity contribution in [3.8, 4) is 0 Å². The average molecular weight is 416 g/mol. The number of benzene rings is 3. The highest BCUT2D eigenvalue weighted by Crippen LogP contribution is 2.28. The number of hydrogen-bond acceptors (Lipinski definition) is 5. The monoisotopic (exact) mass is 416 g/mol. The number of rotatable bonds is 6. The van der Waals surface area contributed by atoms with Gasteiger partial charge in [-0.25, -0.2) is 0 Å². The van der Waals surface area contributed by atoms with Crippen LogP contribution in [0.5, 0.6) is 0 Å². The summed E-state index contributed by atoms with van der Waals surface area (Å²) < 4.78 is 0. The summed E-state index contributed by atoms with van der Waals surface area (Å²) in [5.41, 5.74) is 3.36. The average Bonchev–Trinajstić information content (AvgIpc) is 2.81. The zero-order valence-corrected chi connectivity index (χ0v) is 17.1. The molecule has 0 aliphatic carbocycles. The molecule has 1 saturated heterocycles. The Balaban J connectivity index is 1.32. The van der Waals surface area contributed by atoms with Crippen LogP contribution in [-0.4, -0.2) is 41.9 Å². The number of nitro groups is 1. The number of piperazine rings is 1. The topological polar surface area (TPSA) is 78.7 Å². The molecule has 0 bridgehead atoms. The summed E-state index contributed by atoms with van der Waals surface area (Å²) >= 11 is 0. The predicted octanol–water partition coefficient (Wildman–Crippen LogP) is 4.17. The number of para-hydroxylation sites is 3. The van der Waals surface area contributed by atoms with Crippen LogP contribution in [0.4, 0.5) is 17.1 Å². The first-order chi connectivity index (χ1) is 15.1. The minimum Gasteiger partial charge on any atom is -0.363 e. The zero-order valence-electron chi connectivity index (χ0n) is 17.1. The number of nitrogens with zero attached hydrogens (tertiary/aromatic N) is 3. The fourth-order valence-electron chi connectivity index (χ4n) is 3.78. The summed E-state index contributed by atoms with van der Waals surface area (Å²) in [6.07, 6.45) is 0. The van der Waals surface area contributed by atoms with E-state index in [0.717, 1.165) is 44.0 Å². The predicted molar refractivity (Wildman–Crippen MR) is 121 cm³/mol. The van der Waals surface area contributed by atoms with E-state index >= 15 is 0 Å². The zero-order chi connectivity index (χ0) is 21.6. The van der Waals surface area contributed by atoms with Crippen molar-refractivity contribution in [3.63, 3.8) is 0 Å². The van der Waals surface area contributed by atoms with Gasteiger partial charge in [0.1, 0.15) is 5.69 Å². The Kier molecular flexibility index (Phi) is 6.24. The quantitative estimate of drug-likeness (QED) is 0.482. The molecule has 158 valence electrons. The van der Waals surface area contributed by atoms with Crippen LogP contribution >= 0.6 is 0 Å². The molecule has 0 aromatic heterocycles. The molecule has 3 aromatic rings. The molecule has 1 aliphatic heterocycles. The van der Waals surface area contributed by atoms with Gasteiger partial charge in [-0.1, -0.05) is 42.5 Å². The van der Waals surface area contributed by atoms with Crippen LogP contribution < -0.4 is 10.2 Å². The van der Waals surface area contributed by atoms with E-state index in [1.165, 1.54) is 0 Å². The van der Waals surface area contributed by atoms with E-state index in [1.807, 2.05) is 66.7 Å². The number of nitrogens with one attached hydrogen (secondary N) is 1. The normalized spacial score (nSPS) is 14.3. The molecular weight excluding hydrogens is 392 g/mol. The van der Waals surface area contributed by atoms with Gasteiger partial charge >= 0.3 is 0 Å². The Labute approximate surface area is 181 Å². The van der Waals surface area contributed by atoms with Crippen LogP contribution in [0.25, 0.3) is 0 Å². The molecule has 0 radical (unpaired) electrons. The van der Waals surface area contributed by atoms with Gasteiger partial charge in [0.2, 0.25) is 0 Å². The Bertz CT molecular complexity index is 1050. The van der Waals surface area contributed by atoms with Gasteiger partial charge in [0.25, 0.3) is 11.6 Å². The summed E-state index contributed by atoms with van der Waals surface area (Å²) in [7, 11) is 0. The highest BCUT2D eigenvalue weighted by molar-refractivity contribution is 6.04. The lowest BCUT2D eigenvalue weighted by atomic mass is 10.1. The molecule has 0 saturated carbocycles. The molecule has 3 aromatic carbocycles. The summed E-state index contributed by atoms with van der Waals surface area (Å²) in [5, 5.41) is 14.2. The van der Waals surface area contributed by atoms with Crippen molar-refractivity contribution in [2.45, 2.75) is 6.54 Å². The number of anilines is 2. The van der Waals surface area contributed by atoms with Crippen molar-refractivity contribution in [1.82, 2.24) is 4.90 Å². The minimum absolute atomic E-state index is 0.129. The molecule has 7 heteroatoms. The molecule has 0 atom stereocenters. The molecule has 4 rings (SSSR count). The van der Waals surface area contributed by atoms with Gasteiger partial charge < -0.3 is 10.2 Å². The third kappa shape index (κ3) is 5.07. The van der Waals surface area contributed by atoms with Gasteiger partial charge in [-0.15, -0.1) is 0 Å². The van der Waals surface area contributed by atoms with Gasteiger partial charge in [-0.2, -0.15) is 0 Å². The van der Waals surface area contributed by atoms with Crippen LogP contribution in [0.3, 0.4) is 0 Å². The first-order valence-electron chi connectivity index (χ1n) is 10.3. The maximum absolute atomic E-state index is 12.4. The van der Waals surface area contributed by atoms with Gasteiger partial charge in [-0.3, -0.25) is 19.8 Å². The Morgan fingerprint density at radius 2 is 1.52 bits per heavy atom. The fourth-order valence-corrected chi connectivity index (χ4v) is 3.78. The molecule has 0 unspecified atom stereocenters. The van der Waals surface area contributed by atoms with Crippen LogP contribution in [0, 0.1) is 10.1 Å². The van der Waals surface area contributed by atoms with E-state index in [0.29, 0.717) is 11.3 Å². The van der Waals surface area contributed by atoms with Crippen molar-refractivity contribution in [1.29, 1.82) is 0 Å². The standard InChI is InChI=1S/C24H24N4O3/c29-24(25-21-6-2-1-3-7-21)20-12-10-19(11-13-20)18-26-14-16-27(17-15-26)22-8-4-5-9-23(22)28(30)31/h1-13H,14-18H2,(H,25,29). The number of carbonyl (C=O) groups excluding carboxylic acids is 1. The van der Waals surface area contributed by atoms with Crippen LogP contribution in [0.2, 0.25) is 0 Å². The molecule has 1 heterocycles. The van der Waals surface area contributed by atoms with Crippen molar-refractivity contribution >= 4 is 23.0 Å². The number of hydrogen-bond donors (Lipinski definition) is 1. The molecule has 1 amide bonds. The summed E-state index contributed by atoms with van der Waals surface area (Å²) in [6.45, 7) is 3.90. The lowest BCUT2D eigenvalue weighted by Gasteiger charge is -2.35. The van der Waals surface area contributed by atoms with Crippen LogP contribution in [0.1, 0.15) is 15.9 Å². The second-order valence-corrected chi connectivity index (χ2v) is 7.53. The summed E-state index contributed by atoms with van der Waals surface area (Å²) in [4.78, 5) is 27.8. The third-order valence-electron chi connectivity index (χ3n) is 5.45. The molecular formula is C24H24N4O3.